The molecule has 1 aliphatic heterocycles. The molecular weight excluding hydrogens is 470 g/mol. The average Bonchev–Trinajstić information content (AvgIpc) is 3.31. The zero-order chi connectivity index (χ0) is 24.8. The number of benzene rings is 3. The second kappa shape index (κ2) is 9.13. The van der Waals surface area contributed by atoms with Crippen LogP contribution in [0.1, 0.15) is 13.8 Å². The molecule has 3 aromatic carbocycles. The first-order valence-electron chi connectivity index (χ1n) is 12.1. The first-order valence-corrected chi connectivity index (χ1v) is 13.3. The van der Waals surface area contributed by atoms with Crippen LogP contribution in [0.2, 0.25) is 0 Å². The molecule has 1 saturated heterocycles. The third-order valence-corrected chi connectivity index (χ3v) is 7.85. The summed E-state index contributed by atoms with van der Waals surface area (Å²) in [4.78, 5) is 7.55. The molecule has 0 spiro atoms. The summed E-state index contributed by atoms with van der Waals surface area (Å²) < 4.78 is 25.3. The molecule has 5 aromatic rings. The van der Waals surface area contributed by atoms with Crippen LogP contribution in [-0.4, -0.2) is 44.3 Å². The summed E-state index contributed by atoms with van der Waals surface area (Å²) in [6.07, 6.45) is 5.65. The van der Waals surface area contributed by atoms with Gasteiger partial charge in [0.25, 0.3) is 0 Å². The second-order valence-corrected chi connectivity index (χ2v) is 10.4. The van der Waals surface area contributed by atoms with E-state index in [-0.39, 0.29) is 0 Å². The van der Waals surface area contributed by atoms with Gasteiger partial charge in [0.2, 0.25) is 0 Å². The van der Waals surface area contributed by atoms with Crippen molar-refractivity contribution >= 4 is 33.2 Å². The lowest BCUT2D eigenvalue weighted by molar-refractivity contribution is 0.432. The van der Waals surface area contributed by atoms with Crippen LogP contribution in [0, 0.1) is 0 Å². The van der Waals surface area contributed by atoms with E-state index in [1.807, 2.05) is 36.7 Å². The van der Waals surface area contributed by atoms with Gasteiger partial charge in [-0.3, -0.25) is 0 Å². The van der Waals surface area contributed by atoms with Crippen molar-refractivity contribution in [3.8, 4) is 22.3 Å². The number of nitrogens with one attached hydrogen (secondary N) is 1. The highest BCUT2D eigenvalue weighted by Crippen LogP contribution is 2.34. The molecule has 1 unspecified atom stereocenters. The van der Waals surface area contributed by atoms with Crippen LogP contribution < -0.4 is 10.2 Å². The molecule has 2 aromatic heterocycles. The van der Waals surface area contributed by atoms with E-state index in [2.05, 4.69) is 53.4 Å². The minimum atomic E-state index is -2.68. The third kappa shape index (κ3) is 3.87. The molecule has 1 fully saturated rings. The van der Waals surface area contributed by atoms with Gasteiger partial charge in [-0.25, -0.2) is 9.50 Å². The first-order chi connectivity index (χ1) is 17.5. The molecule has 6 rings (SSSR count). The lowest BCUT2D eigenvalue weighted by atomic mass is 10.00. The van der Waals surface area contributed by atoms with Gasteiger partial charge in [-0.2, -0.15) is 5.10 Å². The quantitative estimate of drug-likeness (QED) is 0.289. The first kappa shape index (κ1) is 22.8. The van der Waals surface area contributed by atoms with Crippen molar-refractivity contribution in [1.29, 1.82) is 0 Å². The van der Waals surface area contributed by atoms with Gasteiger partial charge < -0.3 is 14.8 Å². The molecule has 0 aliphatic carbocycles. The van der Waals surface area contributed by atoms with Crippen molar-refractivity contribution in [3.63, 3.8) is 0 Å². The summed E-state index contributed by atoms with van der Waals surface area (Å²) in [5, 5.41) is 9.63. The molecule has 1 N–H and O–H groups in total. The van der Waals surface area contributed by atoms with Crippen molar-refractivity contribution in [2.45, 2.75) is 30.8 Å². The summed E-state index contributed by atoms with van der Waals surface area (Å²) in [7, 11) is 0. The van der Waals surface area contributed by atoms with Crippen molar-refractivity contribution in [1.82, 2.24) is 19.9 Å². The predicted molar refractivity (Wildman–Crippen MR) is 144 cm³/mol. The van der Waals surface area contributed by atoms with Crippen LogP contribution in [-0.2, 0) is 15.3 Å². The summed E-state index contributed by atoms with van der Waals surface area (Å²) in [6.45, 7) is 6.48. The van der Waals surface area contributed by atoms with Crippen molar-refractivity contribution in [2.75, 3.05) is 18.0 Å². The number of hydrogen-bond acceptors (Lipinski definition) is 6. The van der Waals surface area contributed by atoms with E-state index in [1.54, 1.807) is 22.8 Å². The molecule has 0 radical (unpaired) electrons. The van der Waals surface area contributed by atoms with Gasteiger partial charge in [-0.1, -0.05) is 36.4 Å². The summed E-state index contributed by atoms with van der Waals surface area (Å²) in [6, 6.07) is 20.6. The standard InChI is InChI=1S/C28H27N5O2S/c1-18-13-29-14-19(2)33(18)22-11-9-20(10-12-22)21-15-30-28-26(16-31-32(28)17-21)24-5-3-7-25-23(24)6-4-8-27(25)36(34)35/h3-12,15-19,29,36H,13-14H2,1-2H3/t18-,19+. The maximum absolute atomic E-state index is 11.7. The zero-order valence-corrected chi connectivity index (χ0v) is 21.0. The molecule has 36 heavy (non-hydrogen) atoms. The fourth-order valence-corrected chi connectivity index (χ4v) is 5.97. The van der Waals surface area contributed by atoms with E-state index in [1.165, 1.54) is 5.69 Å². The molecule has 3 heterocycles. The van der Waals surface area contributed by atoms with Gasteiger partial charge in [0.15, 0.2) is 10.5 Å². The Morgan fingerprint density at radius 3 is 2.36 bits per heavy atom. The maximum atomic E-state index is 11.7. The van der Waals surface area contributed by atoms with E-state index in [0.717, 1.165) is 46.4 Å². The molecular formula is C28H27N5O2S. The molecule has 0 amide bonds. The number of rotatable bonds is 4. The summed E-state index contributed by atoms with van der Waals surface area (Å²) in [5.41, 5.74) is 5.78. The number of aromatic nitrogens is 3. The van der Waals surface area contributed by atoms with Crippen molar-refractivity contribution in [3.05, 3.63) is 79.3 Å². The monoisotopic (exact) mass is 497 g/mol. The van der Waals surface area contributed by atoms with Crippen LogP contribution in [0.25, 0.3) is 38.7 Å². The zero-order valence-electron chi connectivity index (χ0n) is 20.1. The Balaban J connectivity index is 1.36. The number of anilines is 1. The molecule has 1 aliphatic rings. The SMILES string of the molecule is C[C@@H]1CNC[C@H](C)N1c1ccc(-c2cnc3c(-c4cccc5c([SH+](=O)[O-])cccc45)cnn3c2)cc1. The highest BCUT2D eigenvalue weighted by atomic mass is 32.2. The Bertz CT molecular complexity index is 1590. The Morgan fingerprint density at radius 1 is 0.889 bits per heavy atom. The van der Waals surface area contributed by atoms with Crippen molar-refractivity contribution in [2.24, 2.45) is 0 Å². The van der Waals surface area contributed by atoms with Crippen LogP contribution in [0.15, 0.2) is 84.1 Å². The van der Waals surface area contributed by atoms with Crippen molar-refractivity contribution < 1.29 is 8.76 Å². The Morgan fingerprint density at radius 2 is 1.61 bits per heavy atom. The molecule has 7 nitrogen and oxygen atoms in total. The van der Waals surface area contributed by atoms with Gasteiger partial charge in [-0.05, 0) is 54.6 Å². The van der Waals surface area contributed by atoms with Gasteiger partial charge >= 0.3 is 0 Å². The molecule has 0 saturated carbocycles. The lowest BCUT2D eigenvalue weighted by Crippen LogP contribution is -2.55. The predicted octanol–water partition coefficient (Wildman–Crippen LogP) is 4.59. The van der Waals surface area contributed by atoms with E-state index < -0.39 is 11.1 Å². The van der Waals surface area contributed by atoms with Gasteiger partial charge in [0, 0.05) is 59.8 Å². The van der Waals surface area contributed by atoms with E-state index in [4.69, 9.17) is 4.98 Å². The van der Waals surface area contributed by atoms with Crippen LogP contribution in [0.3, 0.4) is 0 Å². The smallest absolute Gasteiger partial charge is 0.162 e. The summed E-state index contributed by atoms with van der Waals surface area (Å²) in [5.74, 6) is 0. The third-order valence-electron chi connectivity index (χ3n) is 7.07. The van der Waals surface area contributed by atoms with Crippen LogP contribution >= 0.6 is 0 Å². The number of piperazine rings is 1. The number of nitrogens with zero attached hydrogens (tertiary/aromatic N) is 4. The number of thiol groups is 1. The fraction of sp³-hybridized carbons (Fsp3) is 0.214. The van der Waals surface area contributed by atoms with Gasteiger partial charge in [-0.15, -0.1) is 4.21 Å². The lowest BCUT2D eigenvalue weighted by Gasteiger charge is -2.41. The minimum Gasteiger partial charge on any atom is -0.612 e. The number of hydrogen-bond donors (Lipinski definition) is 1. The average molecular weight is 498 g/mol. The number of fused-ring (bicyclic) bond motifs is 2. The Hall–Kier alpha value is -3.59. The van der Waals surface area contributed by atoms with E-state index >= 15 is 0 Å². The Labute approximate surface area is 212 Å². The van der Waals surface area contributed by atoms with Crippen LogP contribution in [0.5, 0.6) is 0 Å². The highest BCUT2D eigenvalue weighted by molar-refractivity contribution is 7.79. The molecule has 3 atom stereocenters. The second-order valence-electron chi connectivity index (χ2n) is 9.41. The maximum Gasteiger partial charge on any atom is 0.162 e. The fourth-order valence-electron chi connectivity index (χ4n) is 5.37. The van der Waals surface area contributed by atoms with Gasteiger partial charge in [0.1, 0.15) is 0 Å². The van der Waals surface area contributed by atoms with Gasteiger partial charge in [0.05, 0.1) is 17.3 Å². The Kier molecular flexibility index (Phi) is 5.79. The normalized spacial score (nSPS) is 19.1. The highest BCUT2D eigenvalue weighted by Gasteiger charge is 2.24. The van der Waals surface area contributed by atoms with E-state index in [0.29, 0.717) is 22.4 Å². The molecule has 0 bridgehead atoms. The minimum absolute atomic E-state index is 0.323. The molecule has 182 valence electrons. The van der Waals surface area contributed by atoms with Crippen LogP contribution in [0.4, 0.5) is 5.69 Å². The van der Waals surface area contributed by atoms with E-state index in [9.17, 15) is 8.76 Å². The summed E-state index contributed by atoms with van der Waals surface area (Å²) >= 11 is -2.68. The topological polar surface area (TPSA) is 85.6 Å². The largest absolute Gasteiger partial charge is 0.612 e. The molecule has 8 heteroatoms.